The molecular weight excluding hydrogens is 509 g/mol. The number of H-pyrrole nitrogens is 1. The van der Waals surface area contributed by atoms with Crippen molar-refractivity contribution in [2.45, 2.75) is 43.5 Å². The van der Waals surface area contributed by atoms with Gasteiger partial charge in [0.1, 0.15) is 11.6 Å². The first-order valence-electron chi connectivity index (χ1n) is 12.1. The summed E-state index contributed by atoms with van der Waals surface area (Å²) in [6, 6.07) is 9.67. The first-order chi connectivity index (χ1) is 18.1. The van der Waals surface area contributed by atoms with E-state index in [0.717, 1.165) is 0 Å². The van der Waals surface area contributed by atoms with Gasteiger partial charge >= 0.3 is 0 Å². The minimum atomic E-state index is -0.755. The van der Waals surface area contributed by atoms with Crippen molar-refractivity contribution >= 4 is 23.4 Å². The predicted molar refractivity (Wildman–Crippen MR) is 143 cm³/mol. The number of methoxy groups -OCH3 is 2. The Morgan fingerprint density at radius 2 is 1.82 bits per heavy atom. The number of ether oxygens (including phenoxy) is 2. The molecule has 2 heterocycles. The Morgan fingerprint density at radius 3 is 2.47 bits per heavy atom. The summed E-state index contributed by atoms with van der Waals surface area (Å²) in [7, 11) is 2.84. The number of aromatic hydroxyl groups is 1. The molecule has 10 heteroatoms. The van der Waals surface area contributed by atoms with Gasteiger partial charge in [0.15, 0.2) is 22.4 Å². The van der Waals surface area contributed by atoms with Crippen molar-refractivity contribution in [1.82, 2.24) is 9.97 Å². The zero-order valence-electron chi connectivity index (χ0n) is 21.5. The number of aromatic nitrogens is 2. The van der Waals surface area contributed by atoms with E-state index in [1.54, 1.807) is 30.3 Å². The number of halogens is 1. The predicted octanol–water partition coefficient (Wildman–Crippen LogP) is 5.12. The number of nitrogens with one attached hydrogen (secondary N) is 2. The van der Waals surface area contributed by atoms with E-state index in [1.807, 2.05) is 13.8 Å². The van der Waals surface area contributed by atoms with Crippen molar-refractivity contribution in [2.75, 3.05) is 19.5 Å². The Bertz CT molecular complexity index is 1510. The Morgan fingerprint density at radius 1 is 1.13 bits per heavy atom. The molecule has 1 unspecified atom stereocenters. The quantitative estimate of drug-likeness (QED) is 0.293. The summed E-state index contributed by atoms with van der Waals surface area (Å²) >= 11 is 1.21. The lowest BCUT2D eigenvalue weighted by Crippen LogP contribution is -2.37. The van der Waals surface area contributed by atoms with Crippen LogP contribution in [0.2, 0.25) is 0 Å². The SMILES string of the molecule is COc1cc(C2C3=C(CC(C)(C)CC3=O)Nc3nc(SCc4ccccc4F)[nH]c(=O)c32)cc(OC)c1O. The number of carbonyl (C=O) groups is 1. The van der Waals surface area contributed by atoms with Gasteiger partial charge < -0.3 is 24.9 Å². The van der Waals surface area contributed by atoms with E-state index >= 15 is 0 Å². The summed E-state index contributed by atoms with van der Waals surface area (Å²) in [5.74, 6) is -0.387. The summed E-state index contributed by atoms with van der Waals surface area (Å²) in [6.45, 7) is 4.04. The number of fused-ring (bicyclic) bond motifs is 1. The first-order valence-corrected chi connectivity index (χ1v) is 13.1. The highest BCUT2D eigenvalue weighted by Gasteiger charge is 2.43. The van der Waals surface area contributed by atoms with Crippen LogP contribution >= 0.6 is 11.8 Å². The van der Waals surface area contributed by atoms with Gasteiger partial charge in [-0.15, -0.1) is 0 Å². The maximum atomic E-state index is 14.1. The van der Waals surface area contributed by atoms with Gasteiger partial charge in [0.05, 0.1) is 19.8 Å². The van der Waals surface area contributed by atoms with Gasteiger partial charge in [-0.05, 0) is 41.2 Å². The van der Waals surface area contributed by atoms with Crippen molar-refractivity contribution in [1.29, 1.82) is 0 Å². The third-order valence-electron chi connectivity index (χ3n) is 6.86. The molecule has 198 valence electrons. The molecule has 0 radical (unpaired) electrons. The Labute approximate surface area is 223 Å². The van der Waals surface area contributed by atoms with Crippen molar-refractivity contribution in [3.05, 3.63) is 80.5 Å². The number of allylic oxidation sites excluding steroid dienone is 2. The first kappa shape index (κ1) is 25.8. The van der Waals surface area contributed by atoms with Crippen LogP contribution in [0.3, 0.4) is 0 Å². The number of hydrogen-bond acceptors (Lipinski definition) is 8. The fourth-order valence-electron chi connectivity index (χ4n) is 5.14. The number of hydrogen-bond donors (Lipinski definition) is 3. The molecule has 0 amide bonds. The topological polar surface area (TPSA) is 114 Å². The molecule has 1 atom stereocenters. The molecule has 2 aromatic carbocycles. The average Bonchev–Trinajstić information content (AvgIpc) is 2.86. The number of phenols is 1. The molecule has 1 aliphatic carbocycles. The molecule has 8 nitrogen and oxygen atoms in total. The summed E-state index contributed by atoms with van der Waals surface area (Å²) in [4.78, 5) is 34.5. The maximum absolute atomic E-state index is 14.1. The van der Waals surface area contributed by atoms with Crippen molar-refractivity contribution in [3.8, 4) is 17.2 Å². The largest absolute Gasteiger partial charge is 0.502 e. The number of thioether (sulfide) groups is 1. The van der Waals surface area contributed by atoms with Crippen LogP contribution in [-0.4, -0.2) is 35.1 Å². The van der Waals surface area contributed by atoms with Gasteiger partial charge in [-0.1, -0.05) is 43.8 Å². The zero-order chi connectivity index (χ0) is 27.2. The second-order valence-corrected chi connectivity index (χ2v) is 11.1. The zero-order valence-corrected chi connectivity index (χ0v) is 22.3. The Hall–Kier alpha value is -3.79. The van der Waals surface area contributed by atoms with E-state index in [0.29, 0.717) is 46.2 Å². The van der Waals surface area contributed by atoms with Gasteiger partial charge in [-0.25, -0.2) is 9.37 Å². The number of phenolic OH excluding ortho intramolecular Hbond substituents is 1. The number of rotatable bonds is 6. The van der Waals surface area contributed by atoms with Crippen molar-refractivity contribution in [3.63, 3.8) is 0 Å². The second kappa shape index (κ2) is 9.83. The normalized spacial score (nSPS) is 17.9. The maximum Gasteiger partial charge on any atom is 0.257 e. The van der Waals surface area contributed by atoms with E-state index in [9.17, 15) is 19.1 Å². The minimum Gasteiger partial charge on any atom is -0.502 e. The molecular formula is C28H28FN3O5S. The third-order valence-corrected chi connectivity index (χ3v) is 7.78. The van der Waals surface area contributed by atoms with Crippen molar-refractivity contribution < 1.29 is 23.8 Å². The summed E-state index contributed by atoms with van der Waals surface area (Å²) in [5.41, 5.74) is 1.83. The molecule has 1 aromatic heterocycles. The smallest absolute Gasteiger partial charge is 0.257 e. The molecule has 3 aromatic rings. The number of nitrogens with zero attached hydrogens (tertiary/aromatic N) is 1. The lowest BCUT2D eigenvalue weighted by Gasteiger charge is -2.38. The van der Waals surface area contributed by atoms with Gasteiger partial charge in [-0.3, -0.25) is 9.59 Å². The highest BCUT2D eigenvalue weighted by molar-refractivity contribution is 7.98. The summed E-state index contributed by atoms with van der Waals surface area (Å²) < 4.78 is 24.8. The van der Waals surface area contributed by atoms with Crippen LogP contribution in [0.15, 0.2) is 57.6 Å². The van der Waals surface area contributed by atoms with Gasteiger partial charge in [0.2, 0.25) is 5.75 Å². The van der Waals surface area contributed by atoms with Crippen LogP contribution in [0.25, 0.3) is 0 Å². The minimum absolute atomic E-state index is 0.0668. The highest BCUT2D eigenvalue weighted by atomic mass is 32.2. The fourth-order valence-corrected chi connectivity index (χ4v) is 5.98. The van der Waals surface area contributed by atoms with E-state index in [4.69, 9.17) is 9.47 Å². The lowest BCUT2D eigenvalue weighted by molar-refractivity contribution is -0.118. The fraction of sp³-hybridized carbons (Fsp3) is 0.321. The molecule has 0 saturated carbocycles. The number of Topliss-reactive ketones (excluding diaryl/α,β-unsaturated/α-hetero) is 1. The van der Waals surface area contributed by atoms with Crippen LogP contribution in [-0.2, 0) is 10.5 Å². The number of aromatic amines is 1. The number of anilines is 1. The molecule has 0 bridgehead atoms. The highest BCUT2D eigenvalue weighted by Crippen LogP contribution is 2.50. The average molecular weight is 538 g/mol. The van der Waals surface area contributed by atoms with E-state index in [2.05, 4.69) is 15.3 Å². The van der Waals surface area contributed by atoms with Crippen LogP contribution < -0.4 is 20.3 Å². The lowest BCUT2D eigenvalue weighted by atomic mass is 9.69. The molecule has 0 fully saturated rings. The van der Waals surface area contributed by atoms with Crippen molar-refractivity contribution in [2.24, 2.45) is 5.41 Å². The monoisotopic (exact) mass is 537 g/mol. The van der Waals surface area contributed by atoms with Gasteiger partial charge in [0.25, 0.3) is 5.56 Å². The second-order valence-electron chi connectivity index (χ2n) is 10.2. The molecule has 0 saturated heterocycles. The molecule has 1 aliphatic heterocycles. The number of ketones is 1. The number of benzene rings is 2. The van der Waals surface area contributed by atoms with Crippen LogP contribution in [0.1, 0.15) is 49.3 Å². The molecule has 5 rings (SSSR count). The van der Waals surface area contributed by atoms with Gasteiger partial charge in [0, 0.05) is 29.4 Å². The Balaban J connectivity index is 1.65. The van der Waals surface area contributed by atoms with E-state index in [-0.39, 0.29) is 45.6 Å². The van der Waals surface area contributed by atoms with Crippen LogP contribution in [0.5, 0.6) is 17.2 Å². The van der Waals surface area contributed by atoms with Crippen LogP contribution in [0.4, 0.5) is 10.2 Å². The summed E-state index contributed by atoms with van der Waals surface area (Å²) in [6.07, 6.45) is 0.913. The number of carbonyl (C=O) groups excluding carboxylic acids is 1. The molecule has 38 heavy (non-hydrogen) atoms. The van der Waals surface area contributed by atoms with Crippen LogP contribution in [0, 0.1) is 11.2 Å². The van der Waals surface area contributed by atoms with E-state index in [1.165, 1.54) is 32.0 Å². The molecule has 3 N–H and O–H groups in total. The van der Waals surface area contributed by atoms with Gasteiger partial charge in [-0.2, -0.15) is 0 Å². The standard InChI is InChI=1S/C28H28FN3O5S/c1-28(2)11-17-22(18(33)12-28)21(15-9-19(36-3)24(34)20(10-15)37-4)23-25(30-17)31-27(32-26(23)35)38-13-14-7-5-6-8-16(14)29/h5-10,21,34H,11-13H2,1-4H3,(H2,30,31,32,35). The van der Waals surface area contributed by atoms with E-state index < -0.39 is 11.5 Å². The summed E-state index contributed by atoms with van der Waals surface area (Å²) in [5, 5.41) is 14.1. The molecule has 0 spiro atoms. The molecule has 2 aliphatic rings. The third kappa shape index (κ3) is 4.64. The Kier molecular flexibility index (Phi) is 6.68.